The highest BCUT2D eigenvalue weighted by molar-refractivity contribution is 7.89. The third-order valence-electron chi connectivity index (χ3n) is 4.50. The van der Waals surface area contributed by atoms with Crippen LogP contribution in [0.2, 0.25) is 0 Å². The highest BCUT2D eigenvalue weighted by Gasteiger charge is 2.38. The molecule has 0 bridgehead atoms. The second-order valence-electron chi connectivity index (χ2n) is 6.38. The van der Waals surface area contributed by atoms with Crippen molar-refractivity contribution in [3.8, 4) is 0 Å². The van der Waals surface area contributed by atoms with Crippen LogP contribution in [0.4, 0.5) is 13.2 Å². The molecular weight excluding hydrogens is 407 g/mol. The Morgan fingerprint density at radius 1 is 1.30 bits per heavy atom. The highest BCUT2D eigenvalue weighted by Crippen LogP contribution is 2.34. The summed E-state index contributed by atoms with van der Waals surface area (Å²) in [6, 6.07) is 2.47. The first-order valence-electron chi connectivity index (χ1n) is 8.25. The molecular formula is C16H23ClF3N3O3S. The lowest BCUT2D eigenvalue weighted by molar-refractivity contribution is -0.139. The number of rotatable bonds is 6. The second kappa shape index (κ2) is 9.22. The maximum Gasteiger partial charge on any atom is 0.417 e. The number of nitrogens with two attached hydrogens (primary N) is 1. The number of amides is 1. The van der Waals surface area contributed by atoms with Crippen molar-refractivity contribution >= 4 is 28.3 Å². The highest BCUT2D eigenvalue weighted by atomic mass is 35.5. The summed E-state index contributed by atoms with van der Waals surface area (Å²) in [7, 11) is -4.53. The molecule has 154 valence electrons. The Bertz CT molecular complexity index is 759. The van der Waals surface area contributed by atoms with E-state index in [-0.39, 0.29) is 24.4 Å². The smallest absolute Gasteiger partial charge is 0.352 e. The van der Waals surface area contributed by atoms with Crippen LogP contribution in [0, 0.1) is 5.92 Å². The Morgan fingerprint density at radius 2 is 1.93 bits per heavy atom. The molecule has 2 rings (SSSR count). The number of benzene rings is 1. The summed E-state index contributed by atoms with van der Waals surface area (Å²) >= 11 is 0. The van der Waals surface area contributed by atoms with Gasteiger partial charge in [0.25, 0.3) is 0 Å². The summed E-state index contributed by atoms with van der Waals surface area (Å²) in [5.74, 6) is -0.475. The number of carbonyl (C=O) groups excluding carboxylic acids is 1. The van der Waals surface area contributed by atoms with Crippen LogP contribution >= 0.6 is 12.4 Å². The van der Waals surface area contributed by atoms with E-state index < -0.39 is 38.6 Å². The molecule has 0 aromatic heterocycles. The van der Waals surface area contributed by atoms with E-state index in [0.717, 1.165) is 31.4 Å². The summed E-state index contributed by atoms with van der Waals surface area (Å²) in [6.45, 7) is 1.69. The molecule has 11 heteroatoms. The summed E-state index contributed by atoms with van der Waals surface area (Å²) in [6.07, 6.45) is -2.30. The zero-order valence-electron chi connectivity index (χ0n) is 14.6. The molecule has 1 saturated carbocycles. The monoisotopic (exact) mass is 429 g/mol. The van der Waals surface area contributed by atoms with Crippen LogP contribution in [0.3, 0.4) is 0 Å². The maximum absolute atomic E-state index is 13.0. The predicted molar refractivity (Wildman–Crippen MR) is 96.8 cm³/mol. The lowest BCUT2D eigenvalue weighted by Gasteiger charge is -2.22. The van der Waals surface area contributed by atoms with Gasteiger partial charge in [-0.15, -0.1) is 12.4 Å². The first-order chi connectivity index (χ1) is 12.1. The van der Waals surface area contributed by atoms with Crippen LogP contribution in [-0.4, -0.2) is 33.0 Å². The molecule has 0 aliphatic heterocycles. The fourth-order valence-corrected chi connectivity index (χ4v) is 4.53. The van der Waals surface area contributed by atoms with Crippen molar-refractivity contribution in [2.24, 2.45) is 11.7 Å². The summed E-state index contributed by atoms with van der Waals surface area (Å²) in [4.78, 5) is 11.3. The lowest BCUT2D eigenvalue weighted by Crippen LogP contribution is -2.49. The van der Waals surface area contributed by atoms with E-state index in [4.69, 9.17) is 5.73 Å². The number of hydrogen-bond acceptors (Lipinski definition) is 4. The average Bonchev–Trinajstić information content (AvgIpc) is 3.00. The van der Waals surface area contributed by atoms with Gasteiger partial charge in [0.15, 0.2) is 0 Å². The first-order valence-corrected chi connectivity index (χ1v) is 9.73. The van der Waals surface area contributed by atoms with Crippen LogP contribution in [-0.2, 0) is 21.0 Å². The molecule has 1 aliphatic carbocycles. The predicted octanol–water partition coefficient (Wildman–Crippen LogP) is 2.04. The maximum atomic E-state index is 13.0. The number of alkyl halides is 3. The molecule has 1 aromatic rings. The van der Waals surface area contributed by atoms with Crippen molar-refractivity contribution in [1.29, 1.82) is 0 Å². The Kier molecular flexibility index (Phi) is 8.09. The number of sulfonamides is 1. The standard InChI is InChI=1S/C16H22F3N3O3S.ClH/c1-10(15(23)21-13-7-4-5-11(13)9-20)22-26(24,25)14-8-3-2-6-12(14)16(17,18)19;/h2-3,6,8,10-11,13,22H,4-5,7,9,20H2,1H3,(H,21,23);1H. The van der Waals surface area contributed by atoms with E-state index in [9.17, 15) is 26.4 Å². The summed E-state index contributed by atoms with van der Waals surface area (Å²) < 4.78 is 65.9. The topological polar surface area (TPSA) is 101 Å². The molecule has 27 heavy (non-hydrogen) atoms. The van der Waals surface area contributed by atoms with Crippen molar-refractivity contribution in [2.45, 2.75) is 49.3 Å². The van der Waals surface area contributed by atoms with Crippen molar-refractivity contribution < 1.29 is 26.4 Å². The van der Waals surface area contributed by atoms with E-state index in [2.05, 4.69) is 5.32 Å². The molecule has 3 unspecified atom stereocenters. The zero-order chi connectivity index (χ0) is 19.5. The van der Waals surface area contributed by atoms with E-state index >= 15 is 0 Å². The molecule has 1 amide bonds. The van der Waals surface area contributed by atoms with Crippen LogP contribution < -0.4 is 15.8 Å². The molecule has 0 saturated heterocycles. The van der Waals surface area contributed by atoms with Gasteiger partial charge in [0.1, 0.15) is 0 Å². The van der Waals surface area contributed by atoms with Gasteiger partial charge in [0, 0.05) is 6.04 Å². The minimum absolute atomic E-state index is 0. The van der Waals surface area contributed by atoms with Gasteiger partial charge in [-0.05, 0) is 44.4 Å². The molecule has 0 spiro atoms. The minimum atomic E-state index is -4.82. The fraction of sp³-hybridized carbons (Fsp3) is 0.562. The number of halogens is 4. The molecule has 6 nitrogen and oxygen atoms in total. The van der Waals surface area contributed by atoms with Gasteiger partial charge in [-0.1, -0.05) is 18.6 Å². The Morgan fingerprint density at radius 3 is 2.52 bits per heavy atom. The number of nitrogens with one attached hydrogen (secondary N) is 2. The summed E-state index contributed by atoms with van der Waals surface area (Å²) in [5, 5.41) is 2.73. The molecule has 3 atom stereocenters. The van der Waals surface area contributed by atoms with Crippen molar-refractivity contribution in [3.05, 3.63) is 29.8 Å². The SMILES string of the molecule is CC(NS(=O)(=O)c1ccccc1C(F)(F)F)C(=O)NC1CCCC1CN.Cl. The molecule has 0 heterocycles. The van der Waals surface area contributed by atoms with Crippen LogP contribution in [0.5, 0.6) is 0 Å². The number of carbonyl (C=O) groups is 1. The van der Waals surface area contributed by atoms with Crippen molar-refractivity contribution in [2.75, 3.05) is 6.54 Å². The Labute approximate surface area is 162 Å². The van der Waals surface area contributed by atoms with Crippen molar-refractivity contribution in [3.63, 3.8) is 0 Å². The first kappa shape index (κ1) is 23.7. The summed E-state index contributed by atoms with van der Waals surface area (Å²) in [5.41, 5.74) is 4.36. The van der Waals surface area contributed by atoms with E-state index in [1.165, 1.54) is 13.0 Å². The Balaban J connectivity index is 0.00000364. The van der Waals surface area contributed by atoms with Crippen molar-refractivity contribution in [1.82, 2.24) is 10.0 Å². The van der Waals surface area contributed by atoms with E-state index in [1.54, 1.807) is 0 Å². The van der Waals surface area contributed by atoms with Gasteiger partial charge in [-0.2, -0.15) is 17.9 Å². The van der Waals surface area contributed by atoms with Gasteiger partial charge < -0.3 is 11.1 Å². The molecule has 1 aliphatic rings. The quantitative estimate of drug-likeness (QED) is 0.644. The largest absolute Gasteiger partial charge is 0.417 e. The van der Waals surface area contributed by atoms with Gasteiger partial charge >= 0.3 is 6.18 Å². The van der Waals surface area contributed by atoms with Crippen LogP contribution in [0.1, 0.15) is 31.7 Å². The van der Waals surface area contributed by atoms with Gasteiger partial charge in [-0.3, -0.25) is 4.79 Å². The lowest BCUT2D eigenvalue weighted by atomic mass is 10.0. The van der Waals surface area contributed by atoms with Crippen LogP contribution in [0.15, 0.2) is 29.2 Å². The molecule has 4 N–H and O–H groups in total. The second-order valence-corrected chi connectivity index (χ2v) is 8.06. The molecule has 0 radical (unpaired) electrons. The van der Waals surface area contributed by atoms with Gasteiger partial charge in [0.05, 0.1) is 16.5 Å². The number of hydrogen-bond donors (Lipinski definition) is 3. The Hall–Kier alpha value is -1.36. The van der Waals surface area contributed by atoms with Gasteiger partial charge in [0.2, 0.25) is 15.9 Å². The molecule has 1 aromatic carbocycles. The molecule has 1 fully saturated rings. The third-order valence-corrected chi connectivity index (χ3v) is 6.10. The van der Waals surface area contributed by atoms with E-state index in [1.807, 2.05) is 4.72 Å². The zero-order valence-corrected chi connectivity index (χ0v) is 16.3. The van der Waals surface area contributed by atoms with Crippen LogP contribution in [0.25, 0.3) is 0 Å². The minimum Gasteiger partial charge on any atom is -0.352 e. The normalized spacial score (nSPS) is 21.4. The third kappa shape index (κ3) is 5.81. The van der Waals surface area contributed by atoms with Gasteiger partial charge in [-0.25, -0.2) is 8.42 Å². The average molecular weight is 430 g/mol. The van der Waals surface area contributed by atoms with E-state index in [0.29, 0.717) is 12.6 Å². The fourth-order valence-electron chi connectivity index (χ4n) is 3.10.